The van der Waals surface area contributed by atoms with Crippen molar-refractivity contribution in [1.82, 2.24) is 5.32 Å². The summed E-state index contributed by atoms with van der Waals surface area (Å²) in [6, 6.07) is 0.255. The summed E-state index contributed by atoms with van der Waals surface area (Å²) in [5.74, 6) is -0.829. The minimum Gasteiger partial charge on any atom is -0.465 e. The topological polar surface area (TPSA) is 102 Å². The Balaban J connectivity index is 2.31. The third-order valence-electron chi connectivity index (χ3n) is 3.14. The van der Waals surface area contributed by atoms with Crippen molar-refractivity contribution in [2.24, 2.45) is 0 Å². The van der Waals surface area contributed by atoms with Gasteiger partial charge in [0.15, 0.2) is 0 Å². The standard InChI is InChI=1S/C13H12F3N3O5S/c1-2-24-10(20)5-17-12(21)18-6-25-11-8(18)3-7(13(14,15)16)4-9(11)19(22)23/h3-4H,2,5-6H2,1H3,(H,17,21). The average Bonchev–Trinajstić information content (AvgIpc) is 2.94. The number of thioether (sulfide) groups is 1. The van der Waals surface area contributed by atoms with Crippen molar-refractivity contribution in [2.75, 3.05) is 23.9 Å². The molecular weight excluding hydrogens is 367 g/mol. The molecule has 0 spiro atoms. The van der Waals surface area contributed by atoms with Crippen LogP contribution in [0.1, 0.15) is 12.5 Å². The van der Waals surface area contributed by atoms with E-state index >= 15 is 0 Å². The maximum atomic E-state index is 13.0. The zero-order valence-corrected chi connectivity index (χ0v) is 13.6. The van der Waals surface area contributed by atoms with Gasteiger partial charge < -0.3 is 10.1 Å². The van der Waals surface area contributed by atoms with Crippen molar-refractivity contribution < 1.29 is 32.4 Å². The molecular formula is C13H12F3N3O5S. The molecule has 8 nitrogen and oxygen atoms in total. The number of nitrogens with one attached hydrogen (secondary N) is 1. The molecule has 0 saturated heterocycles. The molecule has 12 heteroatoms. The van der Waals surface area contributed by atoms with Crippen LogP contribution in [-0.2, 0) is 15.7 Å². The Morgan fingerprint density at radius 1 is 1.44 bits per heavy atom. The second kappa shape index (κ2) is 7.17. The van der Waals surface area contributed by atoms with E-state index in [4.69, 9.17) is 0 Å². The molecule has 1 aliphatic heterocycles. The van der Waals surface area contributed by atoms with Crippen molar-refractivity contribution in [2.45, 2.75) is 18.0 Å². The molecule has 0 bridgehead atoms. The first-order chi connectivity index (χ1) is 11.6. The summed E-state index contributed by atoms with van der Waals surface area (Å²) in [6.45, 7) is 1.22. The summed E-state index contributed by atoms with van der Waals surface area (Å²) in [7, 11) is 0. The van der Waals surface area contributed by atoms with E-state index in [0.717, 1.165) is 16.7 Å². The molecule has 0 unspecified atom stereocenters. The lowest BCUT2D eigenvalue weighted by molar-refractivity contribution is -0.387. The van der Waals surface area contributed by atoms with Crippen LogP contribution < -0.4 is 10.2 Å². The van der Waals surface area contributed by atoms with Gasteiger partial charge in [0, 0.05) is 6.07 Å². The fourth-order valence-corrected chi connectivity index (χ4v) is 3.18. The van der Waals surface area contributed by atoms with E-state index in [2.05, 4.69) is 10.1 Å². The zero-order valence-electron chi connectivity index (χ0n) is 12.8. The first-order valence-electron chi connectivity index (χ1n) is 6.88. The molecule has 2 rings (SSSR count). The van der Waals surface area contributed by atoms with E-state index in [1.54, 1.807) is 6.92 Å². The molecule has 0 fully saturated rings. The number of halogens is 3. The summed E-state index contributed by atoms with van der Waals surface area (Å²) in [6.07, 6.45) is -4.81. The Labute approximate surface area is 143 Å². The summed E-state index contributed by atoms with van der Waals surface area (Å²) >= 11 is 0.863. The third-order valence-corrected chi connectivity index (χ3v) is 4.23. The number of nitrogens with zero attached hydrogens (tertiary/aromatic N) is 2. The van der Waals surface area contributed by atoms with Gasteiger partial charge in [-0.15, -0.1) is 0 Å². The number of fused-ring (bicyclic) bond motifs is 1. The van der Waals surface area contributed by atoms with Crippen LogP contribution in [0.3, 0.4) is 0 Å². The Morgan fingerprint density at radius 3 is 2.68 bits per heavy atom. The van der Waals surface area contributed by atoms with E-state index < -0.39 is 40.9 Å². The summed E-state index contributed by atoms with van der Waals surface area (Å²) in [5, 5.41) is 13.3. The number of nitro benzene ring substituents is 1. The number of urea groups is 1. The smallest absolute Gasteiger partial charge is 0.416 e. The van der Waals surface area contributed by atoms with Gasteiger partial charge in [0.2, 0.25) is 0 Å². The first kappa shape index (κ1) is 18.8. The van der Waals surface area contributed by atoms with Crippen LogP contribution in [0.4, 0.5) is 29.3 Å². The maximum Gasteiger partial charge on any atom is 0.416 e. The van der Waals surface area contributed by atoms with Crippen molar-refractivity contribution in [3.63, 3.8) is 0 Å². The largest absolute Gasteiger partial charge is 0.465 e. The number of benzene rings is 1. The van der Waals surface area contributed by atoms with Crippen LogP contribution in [0, 0.1) is 10.1 Å². The highest BCUT2D eigenvalue weighted by Gasteiger charge is 2.39. The van der Waals surface area contributed by atoms with Gasteiger partial charge in [0.05, 0.1) is 28.7 Å². The molecule has 1 N–H and O–H groups in total. The van der Waals surface area contributed by atoms with Crippen LogP contribution in [0.2, 0.25) is 0 Å². The number of esters is 1. The van der Waals surface area contributed by atoms with E-state index in [-0.39, 0.29) is 23.1 Å². The van der Waals surface area contributed by atoms with Gasteiger partial charge in [-0.1, -0.05) is 11.8 Å². The van der Waals surface area contributed by atoms with Crippen molar-refractivity contribution >= 4 is 35.1 Å². The lowest BCUT2D eigenvalue weighted by Gasteiger charge is -2.18. The van der Waals surface area contributed by atoms with E-state index in [0.29, 0.717) is 12.1 Å². The minimum absolute atomic E-state index is 0.0377. The van der Waals surface area contributed by atoms with Gasteiger partial charge in [-0.2, -0.15) is 13.2 Å². The molecule has 1 aliphatic rings. The average molecular weight is 379 g/mol. The molecule has 0 atom stereocenters. The number of ether oxygens (including phenoxy) is 1. The molecule has 2 amide bonds. The van der Waals surface area contributed by atoms with Gasteiger partial charge >= 0.3 is 18.2 Å². The molecule has 1 heterocycles. The molecule has 25 heavy (non-hydrogen) atoms. The number of nitro groups is 1. The van der Waals surface area contributed by atoms with Gasteiger partial charge in [0.25, 0.3) is 5.69 Å². The van der Waals surface area contributed by atoms with Crippen molar-refractivity contribution in [3.8, 4) is 0 Å². The molecule has 1 aromatic rings. The predicted octanol–water partition coefficient (Wildman–Crippen LogP) is 2.76. The Kier molecular flexibility index (Phi) is 5.40. The number of hydrogen-bond acceptors (Lipinski definition) is 6. The highest BCUT2D eigenvalue weighted by Crippen LogP contribution is 2.47. The fraction of sp³-hybridized carbons (Fsp3) is 0.385. The highest BCUT2D eigenvalue weighted by atomic mass is 32.2. The molecule has 0 aliphatic carbocycles. The van der Waals surface area contributed by atoms with Gasteiger partial charge in [-0.05, 0) is 13.0 Å². The number of carbonyl (C=O) groups excluding carboxylic acids is 2. The highest BCUT2D eigenvalue weighted by molar-refractivity contribution is 8.00. The summed E-state index contributed by atoms with van der Waals surface area (Å²) in [5.41, 5.74) is -2.19. The van der Waals surface area contributed by atoms with Gasteiger partial charge in [-0.3, -0.25) is 19.8 Å². The summed E-state index contributed by atoms with van der Waals surface area (Å²) < 4.78 is 43.5. The van der Waals surface area contributed by atoms with Crippen molar-refractivity contribution in [3.05, 3.63) is 27.8 Å². The Bertz CT molecular complexity index is 726. The maximum absolute atomic E-state index is 13.0. The van der Waals surface area contributed by atoms with Crippen LogP contribution >= 0.6 is 11.8 Å². The number of carbonyl (C=O) groups is 2. The fourth-order valence-electron chi connectivity index (χ4n) is 2.07. The lowest BCUT2D eigenvalue weighted by atomic mass is 10.1. The second-order valence-corrected chi connectivity index (χ2v) is 5.72. The lowest BCUT2D eigenvalue weighted by Crippen LogP contribution is -2.41. The number of rotatable bonds is 4. The normalized spacial score (nSPS) is 13.4. The van der Waals surface area contributed by atoms with Crippen LogP contribution in [0.15, 0.2) is 17.0 Å². The van der Waals surface area contributed by atoms with Crippen LogP contribution in [0.25, 0.3) is 0 Å². The monoisotopic (exact) mass is 379 g/mol. The molecule has 0 radical (unpaired) electrons. The minimum atomic E-state index is -4.81. The molecule has 136 valence electrons. The van der Waals surface area contributed by atoms with E-state index in [1.165, 1.54) is 0 Å². The van der Waals surface area contributed by atoms with E-state index in [9.17, 15) is 32.9 Å². The number of alkyl halides is 3. The van der Waals surface area contributed by atoms with Crippen LogP contribution in [-0.4, -0.2) is 36.0 Å². The molecule has 0 aromatic heterocycles. The third kappa shape index (κ3) is 4.13. The van der Waals surface area contributed by atoms with E-state index in [1.807, 2.05) is 0 Å². The molecule has 1 aromatic carbocycles. The first-order valence-corrected chi connectivity index (χ1v) is 7.87. The number of hydrogen-bond donors (Lipinski definition) is 1. The second-order valence-electron chi connectivity index (χ2n) is 4.76. The quantitative estimate of drug-likeness (QED) is 0.490. The SMILES string of the molecule is CCOC(=O)CNC(=O)N1CSc2c1cc(C(F)(F)F)cc2[N+](=O)[O-]. The zero-order chi connectivity index (χ0) is 18.8. The molecule has 0 saturated carbocycles. The predicted molar refractivity (Wildman–Crippen MR) is 81.3 cm³/mol. The van der Waals surface area contributed by atoms with Crippen molar-refractivity contribution in [1.29, 1.82) is 0 Å². The summed E-state index contributed by atoms with van der Waals surface area (Å²) in [4.78, 5) is 34.3. The van der Waals surface area contributed by atoms with Gasteiger partial charge in [-0.25, -0.2) is 4.79 Å². The Hall–Kier alpha value is -2.50. The van der Waals surface area contributed by atoms with Gasteiger partial charge in [0.1, 0.15) is 11.4 Å². The van der Waals surface area contributed by atoms with Crippen LogP contribution in [0.5, 0.6) is 0 Å². The number of anilines is 1. The number of amides is 2. The Morgan fingerprint density at radius 2 is 2.12 bits per heavy atom.